The number of aliphatic carboxylic acids is 1. The summed E-state index contributed by atoms with van der Waals surface area (Å²) in [5, 5.41) is 12.4. The fraction of sp³-hybridized carbons (Fsp3) is 0.778. The molecule has 0 spiro atoms. The highest BCUT2D eigenvalue weighted by Gasteiger charge is 2.28. The summed E-state index contributed by atoms with van der Waals surface area (Å²) >= 11 is 0. The molecule has 0 aromatic heterocycles. The van der Waals surface area contributed by atoms with Crippen LogP contribution in [0.3, 0.4) is 0 Å². The topological polar surface area (TPSA) is 78.4 Å². The van der Waals surface area contributed by atoms with Gasteiger partial charge >= 0.3 is 18.2 Å². The number of carbonyl (C=O) groups is 2. The molecule has 3 N–H and O–H groups in total. The predicted octanol–water partition coefficient (Wildman–Crippen LogP) is 1.20. The van der Waals surface area contributed by atoms with E-state index in [1.165, 1.54) is 0 Å². The van der Waals surface area contributed by atoms with Crippen LogP contribution in [-0.2, 0) is 4.79 Å². The highest BCUT2D eigenvalue weighted by Crippen LogP contribution is 2.12. The normalized spacial score (nSPS) is 13.3. The van der Waals surface area contributed by atoms with Gasteiger partial charge in [0.15, 0.2) is 0 Å². The summed E-state index contributed by atoms with van der Waals surface area (Å²) in [6.07, 6.45) is -4.48. The minimum absolute atomic E-state index is 0.212. The number of nitrogens with one attached hydrogen (secondary N) is 2. The second-order valence-electron chi connectivity index (χ2n) is 3.87. The summed E-state index contributed by atoms with van der Waals surface area (Å²) in [5.41, 5.74) is 0. The maximum absolute atomic E-state index is 11.7. The Hall–Kier alpha value is -1.47. The van der Waals surface area contributed by atoms with E-state index in [1.807, 2.05) is 0 Å². The van der Waals surface area contributed by atoms with Gasteiger partial charge in [0.2, 0.25) is 0 Å². The van der Waals surface area contributed by atoms with Gasteiger partial charge in [-0.1, -0.05) is 13.8 Å². The van der Waals surface area contributed by atoms with E-state index in [9.17, 15) is 22.8 Å². The molecular formula is C9H15F3N2O3. The van der Waals surface area contributed by atoms with Gasteiger partial charge in [-0.2, -0.15) is 13.2 Å². The minimum atomic E-state index is -4.48. The highest BCUT2D eigenvalue weighted by molar-refractivity contribution is 5.75. The van der Waals surface area contributed by atoms with Crippen LogP contribution in [0, 0.1) is 11.8 Å². The third kappa shape index (κ3) is 7.42. The fourth-order valence-corrected chi connectivity index (χ4v) is 1.05. The second kappa shape index (κ2) is 6.31. The Kier molecular flexibility index (Phi) is 5.77. The Morgan fingerprint density at radius 1 is 1.24 bits per heavy atom. The van der Waals surface area contributed by atoms with E-state index in [2.05, 4.69) is 5.32 Å². The zero-order valence-corrected chi connectivity index (χ0v) is 9.47. The van der Waals surface area contributed by atoms with Crippen molar-refractivity contribution >= 4 is 12.0 Å². The lowest BCUT2D eigenvalue weighted by Crippen LogP contribution is -2.44. The van der Waals surface area contributed by atoms with E-state index >= 15 is 0 Å². The van der Waals surface area contributed by atoms with E-state index in [0.717, 1.165) is 0 Å². The second-order valence-corrected chi connectivity index (χ2v) is 3.87. The molecule has 5 nitrogen and oxygen atoms in total. The van der Waals surface area contributed by atoms with Crippen LogP contribution in [0.4, 0.5) is 18.0 Å². The number of urea groups is 1. The number of alkyl halides is 3. The van der Waals surface area contributed by atoms with Crippen molar-refractivity contribution in [2.75, 3.05) is 13.1 Å². The summed E-state index contributed by atoms with van der Waals surface area (Å²) in [6, 6.07) is -1.03. The summed E-state index contributed by atoms with van der Waals surface area (Å²) in [5.74, 6) is -2.15. The molecule has 1 atom stereocenters. The van der Waals surface area contributed by atoms with Gasteiger partial charge in [-0.25, -0.2) is 4.79 Å². The molecule has 0 saturated heterocycles. The highest BCUT2D eigenvalue weighted by atomic mass is 19.4. The zero-order valence-electron chi connectivity index (χ0n) is 9.47. The number of rotatable bonds is 5. The molecule has 0 rings (SSSR count). The van der Waals surface area contributed by atoms with Crippen molar-refractivity contribution in [3.05, 3.63) is 0 Å². The first-order valence-electron chi connectivity index (χ1n) is 4.94. The number of amides is 2. The molecule has 0 saturated carbocycles. The van der Waals surface area contributed by atoms with Gasteiger partial charge in [0.05, 0.1) is 5.92 Å². The average molecular weight is 256 g/mol. The molecule has 0 radical (unpaired) electrons. The average Bonchev–Trinajstić information content (AvgIpc) is 2.12. The maximum Gasteiger partial charge on any atom is 0.405 e. The predicted molar refractivity (Wildman–Crippen MR) is 53.4 cm³/mol. The third-order valence-electron chi connectivity index (χ3n) is 2.05. The van der Waals surface area contributed by atoms with Crippen molar-refractivity contribution in [3.8, 4) is 0 Å². The molecule has 0 bridgehead atoms. The van der Waals surface area contributed by atoms with Crippen LogP contribution in [0.5, 0.6) is 0 Å². The molecule has 1 unspecified atom stereocenters. The van der Waals surface area contributed by atoms with Gasteiger partial charge in [0, 0.05) is 6.54 Å². The van der Waals surface area contributed by atoms with Crippen molar-refractivity contribution in [2.45, 2.75) is 20.0 Å². The van der Waals surface area contributed by atoms with Gasteiger partial charge in [-0.05, 0) is 5.92 Å². The number of hydrogen-bond acceptors (Lipinski definition) is 2. The lowest BCUT2D eigenvalue weighted by atomic mass is 9.96. The molecule has 100 valence electrons. The van der Waals surface area contributed by atoms with Crippen LogP contribution in [0.2, 0.25) is 0 Å². The Labute approximate surface area is 96.4 Å². The summed E-state index contributed by atoms with van der Waals surface area (Å²) in [4.78, 5) is 21.6. The number of carbonyl (C=O) groups excluding carboxylic acids is 1. The van der Waals surface area contributed by atoms with Crippen LogP contribution in [0.1, 0.15) is 13.8 Å². The first kappa shape index (κ1) is 15.5. The Morgan fingerprint density at radius 2 is 1.76 bits per heavy atom. The van der Waals surface area contributed by atoms with Crippen molar-refractivity contribution in [3.63, 3.8) is 0 Å². The van der Waals surface area contributed by atoms with E-state index in [4.69, 9.17) is 5.11 Å². The van der Waals surface area contributed by atoms with Gasteiger partial charge < -0.3 is 15.7 Å². The molecule has 0 aromatic carbocycles. The zero-order chi connectivity index (χ0) is 13.6. The van der Waals surface area contributed by atoms with E-state index in [0.29, 0.717) is 0 Å². The number of hydrogen-bond donors (Lipinski definition) is 3. The fourth-order valence-electron chi connectivity index (χ4n) is 1.05. The molecule has 0 aliphatic rings. The van der Waals surface area contributed by atoms with Crippen LogP contribution in [-0.4, -0.2) is 36.4 Å². The Morgan fingerprint density at radius 3 is 2.12 bits per heavy atom. The Balaban J connectivity index is 4.02. The summed E-state index contributed by atoms with van der Waals surface area (Å²) in [6.45, 7) is 1.64. The van der Waals surface area contributed by atoms with Crippen LogP contribution < -0.4 is 10.6 Å². The molecule has 0 aliphatic carbocycles. The smallest absolute Gasteiger partial charge is 0.405 e. The van der Waals surface area contributed by atoms with Crippen molar-refractivity contribution < 1.29 is 27.9 Å². The molecule has 2 amide bonds. The lowest BCUT2D eigenvalue weighted by molar-refractivity contribution is -0.143. The van der Waals surface area contributed by atoms with Gasteiger partial charge in [-0.15, -0.1) is 0 Å². The Bertz CT molecular complexity index is 279. The maximum atomic E-state index is 11.7. The minimum Gasteiger partial charge on any atom is -0.481 e. The van der Waals surface area contributed by atoms with Gasteiger partial charge in [0.1, 0.15) is 6.54 Å². The monoisotopic (exact) mass is 256 g/mol. The molecule has 0 heterocycles. The van der Waals surface area contributed by atoms with E-state index in [1.54, 1.807) is 19.2 Å². The molecule has 0 fully saturated rings. The first-order chi connectivity index (χ1) is 7.63. The van der Waals surface area contributed by atoms with Crippen LogP contribution in [0.25, 0.3) is 0 Å². The largest absolute Gasteiger partial charge is 0.481 e. The number of carboxylic acid groups (broad SMARTS) is 1. The van der Waals surface area contributed by atoms with Crippen molar-refractivity contribution in [2.24, 2.45) is 11.8 Å². The summed E-state index contributed by atoms with van der Waals surface area (Å²) < 4.78 is 35.2. The molecular weight excluding hydrogens is 241 g/mol. The molecule has 17 heavy (non-hydrogen) atoms. The van der Waals surface area contributed by atoms with E-state index in [-0.39, 0.29) is 12.5 Å². The SMILES string of the molecule is CC(C)C(CNC(=O)NCC(F)(F)F)C(=O)O. The van der Waals surface area contributed by atoms with Crippen molar-refractivity contribution in [1.82, 2.24) is 10.6 Å². The quantitative estimate of drug-likeness (QED) is 0.691. The van der Waals surface area contributed by atoms with E-state index < -0.39 is 30.6 Å². The first-order valence-corrected chi connectivity index (χ1v) is 4.94. The standard InChI is InChI=1S/C9H15F3N2O3/c1-5(2)6(7(15)16)3-13-8(17)14-4-9(10,11)12/h5-6H,3-4H2,1-2H3,(H,15,16)(H2,13,14,17). The number of carboxylic acids is 1. The third-order valence-corrected chi connectivity index (χ3v) is 2.05. The van der Waals surface area contributed by atoms with Gasteiger partial charge in [-0.3, -0.25) is 4.79 Å². The molecule has 0 aliphatic heterocycles. The van der Waals surface area contributed by atoms with Crippen LogP contribution in [0.15, 0.2) is 0 Å². The summed E-state index contributed by atoms with van der Waals surface area (Å²) in [7, 11) is 0. The van der Waals surface area contributed by atoms with Crippen LogP contribution >= 0.6 is 0 Å². The lowest BCUT2D eigenvalue weighted by Gasteiger charge is -2.17. The van der Waals surface area contributed by atoms with Crippen molar-refractivity contribution in [1.29, 1.82) is 0 Å². The van der Waals surface area contributed by atoms with Gasteiger partial charge in [0.25, 0.3) is 0 Å². The molecule has 8 heteroatoms. The molecule has 0 aromatic rings. The number of halogens is 3.